The first-order chi connectivity index (χ1) is 14.7. The topological polar surface area (TPSA) is 141 Å². The average Bonchev–Trinajstić information content (AvgIpc) is 2.71. The summed E-state index contributed by atoms with van der Waals surface area (Å²) in [6.07, 6.45) is 2.34. The van der Waals surface area contributed by atoms with E-state index in [4.69, 9.17) is 20.3 Å². The van der Waals surface area contributed by atoms with Crippen LogP contribution in [0.5, 0.6) is 17.2 Å². The van der Waals surface area contributed by atoms with Gasteiger partial charge < -0.3 is 20.3 Å². The molecule has 0 aliphatic carbocycles. The van der Waals surface area contributed by atoms with Gasteiger partial charge in [-0.25, -0.2) is 22.2 Å². The second-order valence-corrected chi connectivity index (χ2v) is 8.07. The third-order valence-electron chi connectivity index (χ3n) is 3.57. The van der Waals surface area contributed by atoms with Gasteiger partial charge in [0.15, 0.2) is 21.0 Å². The van der Waals surface area contributed by atoms with Crippen molar-refractivity contribution in [1.82, 2.24) is 4.98 Å². The minimum Gasteiger partial charge on any atom is -0.515 e. The van der Waals surface area contributed by atoms with Crippen molar-refractivity contribution in [1.29, 1.82) is 0 Å². The van der Waals surface area contributed by atoms with Gasteiger partial charge in [0.25, 0.3) is 5.91 Å². The number of sulfone groups is 1. The summed E-state index contributed by atoms with van der Waals surface area (Å²) in [4.78, 5) is 19.7. The van der Waals surface area contributed by atoms with E-state index in [2.05, 4.69) is 9.98 Å². The maximum absolute atomic E-state index is 12.9. The fourth-order valence-electron chi connectivity index (χ4n) is 2.20. The molecule has 0 radical (unpaired) electrons. The number of carbonyl (C=O) groups is 1. The summed E-state index contributed by atoms with van der Waals surface area (Å²) in [5.41, 5.74) is 5.37. The van der Waals surface area contributed by atoms with Crippen molar-refractivity contribution in [3.05, 3.63) is 54.4 Å². The molecule has 31 heavy (non-hydrogen) atoms. The van der Waals surface area contributed by atoms with Gasteiger partial charge in [0, 0.05) is 24.0 Å². The number of carbonyl (C=O) groups excluding carboxylic acids is 1. The number of nitrogens with two attached hydrogens (primary N) is 1. The zero-order chi connectivity index (χ0) is 23.0. The number of pyridine rings is 1. The molecule has 0 unspecified atom stereocenters. The van der Waals surface area contributed by atoms with Gasteiger partial charge >= 0.3 is 0 Å². The molecule has 0 saturated heterocycles. The summed E-state index contributed by atoms with van der Waals surface area (Å²) in [6, 6.07) is 6.30. The standard InChI is InChI=1S/C19H19F2N3O6S/c1-31(27,28)18-3-2-13(11-23-18)29-14-6-12(19(26)24-17(22)4-5-25)7-15(8-14)30-16(9-20)10-21/h2-8,11,16,25H,9-10H2,1H3,(H2,22,24,26)/b5-4-. The highest BCUT2D eigenvalue weighted by molar-refractivity contribution is 7.90. The number of benzene rings is 1. The lowest BCUT2D eigenvalue weighted by atomic mass is 10.2. The Labute approximate surface area is 176 Å². The van der Waals surface area contributed by atoms with E-state index < -0.39 is 35.2 Å². The lowest BCUT2D eigenvalue weighted by Crippen LogP contribution is -2.21. The molecular formula is C19H19F2N3O6S. The van der Waals surface area contributed by atoms with Gasteiger partial charge in [0.2, 0.25) is 0 Å². The van der Waals surface area contributed by atoms with Gasteiger partial charge in [-0.2, -0.15) is 4.99 Å². The lowest BCUT2D eigenvalue weighted by Gasteiger charge is -2.15. The van der Waals surface area contributed by atoms with E-state index in [1.165, 1.54) is 30.3 Å². The van der Waals surface area contributed by atoms with Crippen LogP contribution >= 0.6 is 0 Å². The van der Waals surface area contributed by atoms with Crippen molar-refractivity contribution in [3.63, 3.8) is 0 Å². The Morgan fingerprint density at radius 1 is 1.23 bits per heavy atom. The molecule has 0 spiro atoms. The number of ether oxygens (including phenoxy) is 2. The lowest BCUT2D eigenvalue weighted by molar-refractivity contribution is 0.100. The first-order valence-electron chi connectivity index (χ1n) is 8.63. The third-order valence-corrected chi connectivity index (χ3v) is 4.58. The number of rotatable bonds is 9. The highest BCUT2D eigenvalue weighted by atomic mass is 32.2. The normalized spacial score (nSPS) is 12.3. The molecule has 12 heteroatoms. The minimum absolute atomic E-state index is 0.0256. The summed E-state index contributed by atoms with van der Waals surface area (Å²) in [5, 5.41) is 8.52. The van der Waals surface area contributed by atoms with Gasteiger partial charge in [0.05, 0.1) is 12.5 Å². The predicted molar refractivity (Wildman–Crippen MR) is 108 cm³/mol. The van der Waals surface area contributed by atoms with Crippen LogP contribution in [-0.2, 0) is 9.84 Å². The van der Waals surface area contributed by atoms with E-state index in [9.17, 15) is 22.0 Å². The second kappa shape index (κ2) is 10.5. The smallest absolute Gasteiger partial charge is 0.279 e. The van der Waals surface area contributed by atoms with Gasteiger partial charge in [-0.05, 0) is 24.3 Å². The van der Waals surface area contributed by atoms with Crippen LogP contribution in [0.15, 0.2) is 58.9 Å². The Morgan fingerprint density at radius 3 is 2.45 bits per heavy atom. The van der Waals surface area contributed by atoms with E-state index in [0.717, 1.165) is 18.5 Å². The van der Waals surface area contributed by atoms with Gasteiger partial charge in [-0.15, -0.1) is 0 Å². The maximum Gasteiger partial charge on any atom is 0.279 e. The van der Waals surface area contributed by atoms with E-state index >= 15 is 0 Å². The Hall–Kier alpha value is -3.54. The largest absolute Gasteiger partial charge is 0.515 e. The van der Waals surface area contributed by atoms with E-state index in [-0.39, 0.29) is 33.7 Å². The number of hydrogen-bond donors (Lipinski definition) is 2. The van der Waals surface area contributed by atoms with Crippen molar-refractivity contribution in [2.75, 3.05) is 19.6 Å². The van der Waals surface area contributed by atoms with Crippen LogP contribution in [0, 0.1) is 0 Å². The monoisotopic (exact) mass is 455 g/mol. The Kier molecular flexibility index (Phi) is 8.02. The molecular weight excluding hydrogens is 436 g/mol. The predicted octanol–water partition coefficient (Wildman–Crippen LogP) is 2.53. The number of aliphatic hydroxyl groups excluding tert-OH is 1. The molecule has 0 atom stereocenters. The number of alkyl halides is 2. The quantitative estimate of drug-likeness (QED) is 0.334. The van der Waals surface area contributed by atoms with E-state index in [1.807, 2.05) is 0 Å². The molecule has 9 nitrogen and oxygen atoms in total. The third kappa shape index (κ3) is 7.03. The van der Waals surface area contributed by atoms with Crippen LogP contribution in [0.4, 0.5) is 8.78 Å². The van der Waals surface area contributed by atoms with Crippen LogP contribution in [0.1, 0.15) is 10.4 Å². The van der Waals surface area contributed by atoms with Crippen molar-refractivity contribution in [2.45, 2.75) is 11.1 Å². The van der Waals surface area contributed by atoms with Gasteiger partial charge in [0.1, 0.15) is 36.4 Å². The average molecular weight is 455 g/mol. The van der Waals surface area contributed by atoms with Crippen LogP contribution in [0.2, 0.25) is 0 Å². The number of aliphatic hydroxyl groups is 1. The number of halogens is 2. The van der Waals surface area contributed by atoms with Crippen LogP contribution < -0.4 is 15.2 Å². The molecule has 0 fully saturated rings. The highest BCUT2D eigenvalue weighted by Gasteiger charge is 2.15. The first kappa shape index (κ1) is 23.7. The molecule has 166 valence electrons. The Balaban J connectivity index is 2.40. The second-order valence-electron chi connectivity index (χ2n) is 6.11. The maximum atomic E-state index is 12.9. The summed E-state index contributed by atoms with van der Waals surface area (Å²) in [5.74, 6) is -1.05. The number of aliphatic imine (C=N–C) groups is 1. The Morgan fingerprint density at radius 2 is 1.90 bits per heavy atom. The molecule has 3 N–H and O–H groups in total. The molecule has 0 aliphatic rings. The highest BCUT2D eigenvalue weighted by Crippen LogP contribution is 2.29. The molecule has 0 saturated carbocycles. The SMILES string of the molecule is CS(=O)(=O)c1ccc(Oc2cc(OC(CF)CF)cc(C(=O)N=C(N)/C=C\O)c2)cn1. The van der Waals surface area contributed by atoms with E-state index in [0.29, 0.717) is 6.26 Å². The van der Waals surface area contributed by atoms with Crippen molar-refractivity contribution >= 4 is 21.6 Å². The summed E-state index contributed by atoms with van der Waals surface area (Å²) < 4.78 is 59.5. The molecule has 1 aromatic carbocycles. The molecule has 1 heterocycles. The van der Waals surface area contributed by atoms with Crippen molar-refractivity contribution in [3.8, 4) is 17.2 Å². The fraction of sp³-hybridized carbons (Fsp3) is 0.211. The molecule has 1 aromatic heterocycles. The molecule has 0 bridgehead atoms. The zero-order valence-electron chi connectivity index (χ0n) is 16.2. The number of amides is 1. The van der Waals surface area contributed by atoms with Crippen molar-refractivity contribution < 1.29 is 36.6 Å². The number of amidine groups is 1. The summed E-state index contributed by atoms with van der Waals surface area (Å²) >= 11 is 0. The van der Waals surface area contributed by atoms with Crippen LogP contribution in [-0.4, -0.2) is 56.0 Å². The molecule has 0 aliphatic heterocycles. The van der Waals surface area contributed by atoms with Crippen LogP contribution in [0.25, 0.3) is 0 Å². The summed E-state index contributed by atoms with van der Waals surface area (Å²) in [6.45, 7) is -2.21. The first-order valence-corrected chi connectivity index (χ1v) is 10.5. The van der Waals surface area contributed by atoms with Gasteiger partial charge in [-0.3, -0.25) is 4.79 Å². The summed E-state index contributed by atoms with van der Waals surface area (Å²) in [7, 11) is -3.51. The van der Waals surface area contributed by atoms with Crippen molar-refractivity contribution in [2.24, 2.45) is 10.7 Å². The minimum atomic E-state index is -3.51. The molecule has 1 amide bonds. The Bertz CT molecular complexity index is 1080. The number of hydrogen-bond acceptors (Lipinski definition) is 7. The molecule has 2 aromatic rings. The van der Waals surface area contributed by atoms with E-state index in [1.54, 1.807) is 0 Å². The van der Waals surface area contributed by atoms with Gasteiger partial charge in [-0.1, -0.05) is 0 Å². The van der Waals surface area contributed by atoms with Crippen LogP contribution in [0.3, 0.4) is 0 Å². The number of nitrogens with zero attached hydrogens (tertiary/aromatic N) is 2. The zero-order valence-corrected chi connectivity index (χ0v) is 17.1. The number of aromatic nitrogens is 1. The fourth-order valence-corrected chi connectivity index (χ4v) is 2.76. The molecule has 2 rings (SSSR count).